The third kappa shape index (κ3) is 3.77. The lowest BCUT2D eigenvalue weighted by molar-refractivity contribution is -0.253. The lowest BCUT2D eigenvalue weighted by Gasteiger charge is -2.40. The van der Waals surface area contributed by atoms with Gasteiger partial charge in [-0.2, -0.15) is 0 Å². The maximum Gasteiger partial charge on any atom is 0.405 e. The molecular weight excluding hydrogens is 276 g/mol. The molecule has 1 unspecified atom stereocenters. The lowest BCUT2D eigenvalue weighted by atomic mass is 9.97. The molecule has 0 bridgehead atoms. The van der Waals surface area contributed by atoms with Crippen LogP contribution in [0.1, 0.15) is 6.92 Å². The number of carbonyl (C=O) groups is 2. The van der Waals surface area contributed by atoms with E-state index in [2.05, 4.69) is 5.32 Å². The van der Waals surface area contributed by atoms with E-state index in [1.807, 2.05) is 5.32 Å². The summed E-state index contributed by atoms with van der Waals surface area (Å²) in [4.78, 5) is 22.0. The molecule has 1 aliphatic heterocycles. The molecule has 1 fully saturated rings. The average Bonchev–Trinajstić information content (AvgIpc) is 2.37. The van der Waals surface area contributed by atoms with Gasteiger partial charge in [-0.25, -0.2) is 4.79 Å². The largest absolute Gasteiger partial charge is 0.465 e. The van der Waals surface area contributed by atoms with Crippen LogP contribution in [-0.2, 0) is 9.53 Å². The summed E-state index contributed by atoms with van der Waals surface area (Å²) in [6.07, 6.45) is -7.31. The number of hydrogen-bond acceptors (Lipinski definition) is 7. The van der Waals surface area contributed by atoms with Gasteiger partial charge in [-0.3, -0.25) is 4.79 Å². The van der Waals surface area contributed by atoms with E-state index in [-0.39, 0.29) is 0 Å². The van der Waals surface area contributed by atoms with Gasteiger partial charge in [-0.05, 0) is 6.92 Å². The van der Waals surface area contributed by atoms with E-state index in [4.69, 9.17) is 14.9 Å². The third-order valence-electron chi connectivity index (χ3n) is 2.94. The molecule has 0 aliphatic carbocycles. The van der Waals surface area contributed by atoms with Crippen LogP contribution in [0.5, 0.6) is 0 Å². The number of ether oxygens (including phenoxy) is 1. The van der Waals surface area contributed by atoms with E-state index < -0.39 is 55.3 Å². The lowest BCUT2D eigenvalue weighted by Crippen LogP contribution is -2.65. The minimum atomic E-state index is -1.65. The molecule has 20 heavy (non-hydrogen) atoms. The maximum absolute atomic E-state index is 11.6. The van der Waals surface area contributed by atoms with Gasteiger partial charge >= 0.3 is 6.09 Å². The Morgan fingerprint density at radius 3 is 2.35 bits per heavy atom. The Kier molecular flexibility index (Phi) is 5.65. The molecule has 1 saturated heterocycles. The van der Waals surface area contributed by atoms with E-state index in [0.29, 0.717) is 0 Å². The van der Waals surface area contributed by atoms with Crippen molar-refractivity contribution >= 4 is 12.0 Å². The average molecular weight is 294 g/mol. The van der Waals surface area contributed by atoms with Gasteiger partial charge in [0.1, 0.15) is 30.4 Å². The van der Waals surface area contributed by atoms with Crippen LogP contribution in [0.25, 0.3) is 0 Å². The quantitative estimate of drug-likeness (QED) is 0.281. The van der Waals surface area contributed by atoms with E-state index in [1.165, 1.54) is 6.92 Å². The fourth-order valence-corrected chi connectivity index (χ4v) is 1.79. The van der Waals surface area contributed by atoms with Gasteiger partial charge < -0.3 is 40.9 Å². The van der Waals surface area contributed by atoms with Crippen LogP contribution in [-0.4, -0.2) is 80.8 Å². The van der Waals surface area contributed by atoms with Crippen molar-refractivity contribution in [1.82, 2.24) is 10.6 Å². The predicted octanol–water partition coefficient (Wildman–Crippen LogP) is -3.44. The minimum absolute atomic E-state index is 0.618. The minimum Gasteiger partial charge on any atom is -0.465 e. The fourth-order valence-electron chi connectivity index (χ4n) is 1.79. The zero-order valence-corrected chi connectivity index (χ0v) is 10.6. The summed E-state index contributed by atoms with van der Waals surface area (Å²) in [7, 11) is 0. The van der Waals surface area contributed by atoms with Gasteiger partial charge in [0.25, 0.3) is 0 Å². The Morgan fingerprint density at radius 2 is 1.85 bits per heavy atom. The summed E-state index contributed by atoms with van der Waals surface area (Å²) >= 11 is 0. The first-order chi connectivity index (χ1) is 9.27. The van der Waals surface area contributed by atoms with Gasteiger partial charge in [0.05, 0.1) is 6.61 Å². The van der Waals surface area contributed by atoms with E-state index in [1.54, 1.807) is 0 Å². The molecule has 7 N–H and O–H groups in total. The van der Waals surface area contributed by atoms with E-state index >= 15 is 0 Å². The molecule has 1 rings (SSSR count). The van der Waals surface area contributed by atoms with Crippen molar-refractivity contribution < 1.29 is 39.9 Å². The molecule has 0 saturated carbocycles. The number of carbonyl (C=O) groups excluding carboxylic acids is 1. The molecule has 2 amide bonds. The normalized spacial score (nSPS) is 35.1. The Hall–Kier alpha value is -1.46. The van der Waals surface area contributed by atoms with Crippen molar-refractivity contribution in [3.63, 3.8) is 0 Å². The summed E-state index contributed by atoms with van der Waals surface area (Å²) in [6, 6.07) is -2.47. The van der Waals surface area contributed by atoms with Crippen LogP contribution in [0.15, 0.2) is 0 Å². The third-order valence-corrected chi connectivity index (χ3v) is 2.94. The van der Waals surface area contributed by atoms with Crippen molar-refractivity contribution in [2.75, 3.05) is 6.61 Å². The van der Waals surface area contributed by atoms with Crippen molar-refractivity contribution in [1.29, 1.82) is 0 Å². The highest BCUT2D eigenvalue weighted by Crippen LogP contribution is 2.19. The standard InChI is InChI=1S/C10H18N2O8/c1-3(11-10(18)19)8(16)12-5-7(15)6(14)4(2-13)20-9(5)17/h3-7,9,11,13-15,17H,2H2,1H3,(H,12,16)(H,18,19)/t3?,4-,5-,6-,7-,9-/m1/s1. The monoisotopic (exact) mass is 294 g/mol. The number of amides is 2. The molecule has 0 aromatic carbocycles. The fraction of sp³-hybridized carbons (Fsp3) is 0.800. The summed E-state index contributed by atoms with van der Waals surface area (Å²) in [6.45, 7) is 0.645. The second-order valence-electron chi connectivity index (χ2n) is 4.43. The zero-order valence-electron chi connectivity index (χ0n) is 10.6. The van der Waals surface area contributed by atoms with Crippen LogP contribution >= 0.6 is 0 Å². The first kappa shape index (κ1) is 16.6. The number of carboxylic acid groups (broad SMARTS) is 1. The number of rotatable bonds is 4. The van der Waals surface area contributed by atoms with Gasteiger partial charge in [-0.15, -0.1) is 0 Å². The van der Waals surface area contributed by atoms with Gasteiger partial charge in [0, 0.05) is 0 Å². The SMILES string of the molecule is CC(NC(=O)O)C(=O)N[C@@H]1[C@@H](O)[C@H](O)[C@@H](CO)O[C@H]1O. The second-order valence-corrected chi connectivity index (χ2v) is 4.43. The molecule has 0 aromatic heterocycles. The van der Waals surface area contributed by atoms with Gasteiger partial charge in [-0.1, -0.05) is 0 Å². The highest BCUT2D eigenvalue weighted by molar-refractivity contribution is 5.85. The van der Waals surface area contributed by atoms with Crippen molar-refractivity contribution in [2.24, 2.45) is 0 Å². The molecule has 0 spiro atoms. The molecule has 10 heteroatoms. The van der Waals surface area contributed by atoms with E-state index in [9.17, 15) is 24.9 Å². The number of nitrogens with one attached hydrogen (secondary N) is 2. The molecule has 1 aliphatic rings. The first-order valence-electron chi connectivity index (χ1n) is 5.88. The number of aliphatic hydroxyl groups excluding tert-OH is 4. The number of aliphatic hydroxyl groups is 4. The smallest absolute Gasteiger partial charge is 0.405 e. The second kappa shape index (κ2) is 6.81. The Morgan fingerprint density at radius 1 is 1.25 bits per heavy atom. The van der Waals surface area contributed by atoms with Crippen molar-refractivity contribution in [2.45, 2.75) is 43.6 Å². The van der Waals surface area contributed by atoms with Crippen LogP contribution in [0, 0.1) is 0 Å². The zero-order chi connectivity index (χ0) is 15.4. The molecule has 0 aromatic rings. The number of hydrogen-bond donors (Lipinski definition) is 7. The summed E-state index contributed by atoms with van der Waals surface area (Å²) in [5.41, 5.74) is 0. The highest BCUT2D eigenvalue weighted by Gasteiger charge is 2.44. The Labute approximate surface area is 114 Å². The van der Waals surface area contributed by atoms with Crippen LogP contribution < -0.4 is 10.6 Å². The summed E-state index contributed by atoms with van der Waals surface area (Å²) in [5, 5.41) is 50.4. The van der Waals surface area contributed by atoms with Crippen LogP contribution in [0.2, 0.25) is 0 Å². The van der Waals surface area contributed by atoms with Crippen molar-refractivity contribution in [3.8, 4) is 0 Å². The van der Waals surface area contributed by atoms with Crippen molar-refractivity contribution in [3.05, 3.63) is 0 Å². The van der Waals surface area contributed by atoms with E-state index in [0.717, 1.165) is 0 Å². The van der Waals surface area contributed by atoms with Gasteiger partial charge in [0.15, 0.2) is 6.29 Å². The summed E-state index contributed by atoms with van der Waals surface area (Å²) < 4.78 is 4.84. The highest BCUT2D eigenvalue weighted by atomic mass is 16.6. The summed E-state index contributed by atoms with van der Waals surface area (Å²) in [5.74, 6) is -0.811. The first-order valence-corrected chi connectivity index (χ1v) is 5.88. The topological polar surface area (TPSA) is 169 Å². The van der Waals surface area contributed by atoms with Crippen LogP contribution in [0.3, 0.4) is 0 Å². The van der Waals surface area contributed by atoms with Crippen LogP contribution in [0.4, 0.5) is 4.79 Å². The molecule has 0 radical (unpaired) electrons. The maximum atomic E-state index is 11.6. The molecule has 6 atom stereocenters. The molecule has 1 heterocycles. The Balaban J connectivity index is 2.66. The molecular formula is C10H18N2O8. The molecule has 116 valence electrons. The van der Waals surface area contributed by atoms with Gasteiger partial charge in [0.2, 0.25) is 5.91 Å². The predicted molar refractivity (Wildman–Crippen MR) is 62.5 cm³/mol. The molecule has 10 nitrogen and oxygen atoms in total. The Bertz CT molecular complexity index is 365.